The van der Waals surface area contributed by atoms with Crippen LogP contribution in [0.5, 0.6) is 11.5 Å². The van der Waals surface area contributed by atoms with Gasteiger partial charge in [-0.2, -0.15) is 0 Å². The molecule has 0 radical (unpaired) electrons. The van der Waals surface area contributed by atoms with Crippen molar-refractivity contribution < 1.29 is 37.8 Å². The van der Waals surface area contributed by atoms with E-state index in [1.165, 1.54) is 0 Å². The van der Waals surface area contributed by atoms with Crippen LogP contribution < -0.4 is 4.74 Å². The molecule has 344 valence electrons. The normalized spacial score (nSPS) is 13.9. The summed E-state index contributed by atoms with van der Waals surface area (Å²) in [6.07, 6.45) is 1.92. The third kappa shape index (κ3) is 7.20. The van der Waals surface area contributed by atoms with Crippen LogP contribution in [-0.4, -0.2) is 23.3 Å². The van der Waals surface area contributed by atoms with Crippen LogP contribution in [0.15, 0.2) is 218 Å². The molecule has 0 saturated heterocycles. The zero-order chi connectivity index (χ0) is 56.5. The number of rotatable bonds is 8. The number of hydrogen-bond acceptors (Lipinski definition) is 2. The summed E-state index contributed by atoms with van der Waals surface area (Å²) in [7, 11) is 0. The summed E-state index contributed by atoms with van der Waals surface area (Å²) in [4.78, 5) is 4.93. The number of para-hydroxylation sites is 5. The molecule has 0 saturated carbocycles. The van der Waals surface area contributed by atoms with Crippen LogP contribution in [0.2, 0.25) is 0 Å². The predicted molar refractivity (Wildman–Crippen MR) is 286 cm³/mol. The Bertz CT molecular complexity index is 4680. The molecular formula is C64H45N5OPt-2. The number of ether oxygens (including phenoxy) is 1. The average molecular weight is 1110 g/mol. The van der Waals surface area contributed by atoms with E-state index in [0.29, 0.717) is 37.7 Å². The van der Waals surface area contributed by atoms with Gasteiger partial charge in [-0.25, -0.2) is 0 Å². The van der Waals surface area contributed by atoms with Gasteiger partial charge >= 0.3 is 382 Å². The van der Waals surface area contributed by atoms with Crippen molar-refractivity contribution in [2.45, 2.75) is 26.2 Å². The third-order valence-corrected chi connectivity index (χ3v) is 14.0. The Morgan fingerprint density at radius 3 is 1.62 bits per heavy atom. The van der Waals surface area contributed by atoms with E-state index in [2.05, 4.69) is 75.0 Å². The van der Waals surface area contributed by atoms with Gasteiger partial charge in [-0.1, -0.05) is 39.0 Å². The summed E-state index contributed by atoms with van der Waals surface area (Å²) in [6, 6.07) is 50.0. The number of nitrogens with zero attached hydrogens (tertiary/aromatic N) is 5. The second kappa shape index (κ2) is 17.0. The number of hydrogen-bond donors (Lipinski definition) is 0. The molecule has 0 unspecified atom stereocenters. The molecule has 0 atom stereocenters. The molecule has 0 aliphatic rings. The molecule has 0 aliphatic heterocycles. The molecule has 13 aromatic rings. The van der Waals surface area contributed by atoms with Crippen LogP contribution in [0, 0.1) is 15.9 Å². The molecule has 6 nitrogen and oxygen atoms in total. The Morgan fingerprint density at radius 1 is 0.507 bits per heavy atom. The number of fused-ring (bicyclic) bond motifs is 7. The van der Waals surface area contributed by atoms with Gasteiger partial charge in [0.2, 0.25) is 0 Å². The van der Waals surface area contributed by atoms with Crippen molar-refractivity contribution in [1.82, 2.24) is 23.3 Å². The second-order valence-corrected chi connectivity index (χ2v) is 19.3. The molecule has 4 aromatic heterocycles. The van der Waals surface area contributed by atoms with Gasteiger partial charge in [0, 0.05) is 6.20 Å². The Labute approximate surface area is 436 Å². The van der Waals surface area contributed by atoms with E-state index in [1.807, 2.05) is 135 Å². The van der Waals surface area contributed by atoms with Gasteiger partial charge < -0.3 is 0 Å². The first-order chi connectivity index (χ1) is 38.9. The maximum absolute atomic E-state index is 9.54. The summed E-state index contributed by atoms with van der Waals surface area (Å²) in [5.74, 6) is 1.54. The van der Waals surface area contributed by atoms with Crippen molar-refractivity contribution in [2.24, 2.45) is 0 Å². The van der Waals surface area contributed by atoms with Gasteiger partial charge in [0.15, 0.2) is 0 Å². The SMILES string of the molecule is [2H]c1c([2H])c([2H])c(-c2cc(-n3c4ccccc4c4ccccc43)cc(-c3c([2H])c([2H])c([2H])c([2H])c3[2H])c2-n2[c](=[Pt])n(-c3[c-]c(Oc4[c-]c5c(cc4)c4ccccc4n5-c4ccc(C(C)(C)C)cn4)ccc3)c3ccccc32)c([2H])c1[2H]. The molecule has 71 heavy (non-hydrogen) atoms. The van der Waals surface area contributed by atoms with E-state index < -0.39 is 60.4 Å². The van der Waals surface area contributed by atoms with E-state index in [9.17, 15) is 5.48 Å². The number of pyridine rings is 1. The van der Waals surface area contributed by atoms with Gasteiger partial charge in [-0.3, -0.25) is 0 Å². The van der Waals surface area contributed by atoms with Gasteiger partial charge in [0.1, 0.15) is 0 Å². The fraction of sp³-hybridized carbons (Fsp3) is 0.0625. The monoisotopic (exact) mass is 1100 g/mol. The Kier molecular flexibility index (Phi) is 7.95. The van der Waals surface area contributed by atoms with Crippen LogP contribution in [0.1, 0.15) is 40.0 Å². The Morgan fingerprint density at radius 2 is 1.04 bits per heavy atom. The van der Waals surface area contributed by atoms with Crippen LogP contribution in [0.3, 0.4) is 0 Å². The first kappa shape index (κ1) is 33.3. The van der Waals surface area contributed by atoms with Crippen molar-refractivity contribution >= 4 is 54.6 Å². The topological polar surface area (TPSA) is 41.8 Å². The molecule has 7 heteroatoms. The molecule has 0 aliphatic carbocycles. The molecular weight excluding hydrogens is 1050 g/mol. The van der Waals surface area contributed by atoms with Crippen molar-refractivity contribution in [3.63, 3.8) is 0 Å². The zero-order valence-corrected chi connectivity index (χ0v) is 40.7. The summed E-state index contributed by atoms with van der Waals surface area (Å²) in [5.41, 5.74) is 6.75. The van der Waals surface area contributed by atoms with Crippen LogP contribution in [0.25, 0.3) is 99.8 Å². The van der Waals surface area contributed by atoms with Crippen molar-refractivity contribution in [2.75, 3.05) is 0 Å². The number of aromatic nitrogens is 5. The average Bonchev–Trinajstić information content (AvgIpc) is 3.57. The van der Waals surface area contributed by atoms with Crippen LogP contribution in [0.4, 0.5) is 0 Å². The fourth-order valence-corrected chi connectivity index (χ4v) is 10.8. The summed E-state index contributed by atoms with van der Waals surface area (Å²) in [6.45, 7) is 6.48. The van der Waals surface area contributed by atoms with E-state index >= 15 is 0 Å². The van der Waals surface area contributed by atoms with E-state index in [1.54, 1.807) is 18.2 Å². The minimum absolute atomic E-state index is 0.0785. The van der Waals surface area contributed by atoms with E-state index in [4.69, 9.17) is 17.9 Å². The Hall–Kier alpha value is -8.31. The molecule has 0 fully saturated rings. The fourth-order valence-electron chi connectivity index (χ4n) is 9.77. The molecule has 0 N–H and O–H groups in total. The second-order valence-electron chi connectivity index (χ2n) is 18.3. The van der Waals surface area contributed by atoms with Crippen LogP contribution >= 0.6 is 0 Å². The van der Waals surface area contributed by atoms with Gasteiger partial charge in [0.05, 0.1) is 0 Å². The third-order valence-electron chi connectivity index (χ3n) is 13.0. The minimum atomic E-state index is -0.584. The van der Waals surface area contributed by atoms with Crippen molar-refractivity contribution in [1.29, 1.82) is 0 Å². The van der Waals surface area contributed by atoms with Crippen molar-refractivity contribution in [3.8, 4) is 56.6 Å². The first-order valence-electron chi connectivity index (χ1n) is 28.0. The molecule has 4 heterocycles. The summed E-state index contributed by atoms with van der Waals surface area (Å²) >= 11 is 2.18. The molecule has 0 bridgehead atoms. The first-order valence-corrected chi connectivity index (χ1v) is 24.2. The summed E-state index contributed by atoms with van der Waals surface area (Å²) in [5, 5.41) is 3.85. The van der Waals surface area contributed by atoms with E-state index in [0.717, 1.165) is 55.0 Å². The van der Waals surface area contributed by atoms with Gasteiger partial charge in [-0.15, -0.1) is 0 Å². The van der Waals surface area contributed by atoms with Crippen molar-refractivity contribution in [3.05, 3.63) is 240 Å². The maximum atomic E-state index is 9.54. The molecule has 0 spiro atoms. The number of benzene rings is 9. The standard InChI is InChI=1S/C64H45N5O.Pt/c1-64(2,3)45-33-36-62(65-41-45)69-58-30-15-12-27-52(58)53-35-34-49(40-61(53)69)70-48-24-18-23-46(37-48)66-42-67(60-32-17-16-31-59(60)66)63-54(43-19-6-4-7-20-43)38-47(39-55(63)44-21-8-5-9-22-44)68-56-28-13-10-25-50(56)51-26-11-14-29-57(51)68;/h4-36,38-39,41H,1-3H3;/q-2;/i4D,5D,6D,7D,8D,9D,19D,20D,21D,22D;. The Balaban J connectivity index is 1.06. The quantitative estimate of drug-likeness (QED) is 0.142. The van der Waals surface area contributed by atoms with Crippen LogP contribution in [-0.2, 0) is 24.8 Å². The summed E-state index contributed by atoms with van der Waals surface area (Å²) < 4.78 is 107. The molecule has 13 rings (SSSR count). The predicted octanol–water partition coefficient (Wildman–Crippen LogP) is 16.1. The van der Waals surface area contributed by atoms with E-state index in [-0.39, 0.29) is 33.4 Å². The van der Waals surface area contributed by atoms with Gasteiger partial charge in [-0.05, 0) is 11.0 Å². The number of imidazole rings is 1. The molecule has 9 aromatic carbocycles. The van der Waals surface area contributed by atoms with Gasteiger partial charge in [0.25, 0.3) is 0 Å². The molecule has 0 amide bonds. The zero-order valence-electron chi connectivity index (χ0n) is 48.5.